The van der Waals surface area contributed by atoms with Gasteiger partial charge in [-0.15, -0.1) is 0 Å². The molecule has 2 rings (SSSR count). The average Bonchev–Trinajstić information content (AvgIpc) is 2.02. The maximum absolute atomic E-state index is 13.3. The molecule has 0 saturated heterocycles. The molecule has 0 aliphatic heterocycles. The van der Waals surface area contributed by atoms with E-state index in [1.807, 2.05) is 13.0 Å². The van der Waals surface area contributed by atoms with Crippen LogP contribution in [0.2, 0.25) is 0 Å². The number of rotatable bonds is 0. The number of benzene rings is 1. The second kappa shape index (κ2) is 2.79. The first-order valence-electron chi connectivity index (χ1n) is 4.57. The summed E-state index contributed by atoms with van der Waals surface area (Å²) < 4.78 is 26.7. The van der Waals surface area contributed by atoms with E-state index < -0.39 is 5.92 Å². The molecule has 0 unspecified atom stereocenters. The van der Waals surface area contributed by atoms with Crippen molar-refractivity contribution >= 4 is 0 Å². The van der Waals surface area contributed by atoms with Gasteiger partial charge in [-0.1, -0.05) is 23.8 Å². The normalized spacial score (nSPS) is 19.6. The Labute approximate surface area is 76.6 Å². The highest BCUT2D eigenvalue weighted by Gasteiger charge is 2.36. The molecule has 1 aromatic carbocycles. The van der Waals surface area contributed by atoms with Gasteiger partial charge in [0.15, 0.2) is 0 Å². The van der Waals surface area contributed by atoms with Crippen molar-refractivity contribution in [2.75, 3.05) is 0 Å². The van der Waals surface area contributed by atoms with E-state index in [-0.39, 0.29) is 12.0 Å². The van der Waals surface area contributed by atoms with Crippen LogP contribution in [0, 0.1) is 6.92 Å². The van der Waals surface area contributed by atoms with Crippen molar-refractivity contribution in [2.45, 2.75) is 32.1 Å². The predicted molar refractivity (Wildman–Crippen MR) is 48.0 cm³/mol. The Hall–Kier alpha value is -0.920. The van der Waals surface area contributed by atoms with Crippen LogP contribution in [0.25, 0.3) is 0 Å². The molecule has 1 aliphatic carbocycles. The molecule has 0 N–H and O–H groups in total. The van der Waals surface area contributed by atoms with Gasteiger partial charge in [-0.2, -0.15) is 0 Å². The number of halogens is 2. The van der Waals surface area contributed by atoms with Crippen molar-refractivity contribution < 1.29 is 8.78 Å². The highest BCUT2D eigenvalue weighted by Crippen LogP contribution is 2.39. The number of hydrogen-bond acceptors (Lipinski definition) is 0. The number of alkyl halides is 2. The second-order valence-electron chi connectivity index (χ2n) is 3.72. The molecule has 0 aromatic heterocycles. The fourth-order valence-electron chi connectivity index (χ4n) is 1.92. The summed E-state index contributed by atoms with van der Waals surface area (Å²) in [6, 6.07) is 5.21. The van der Waals surface area contributed by atoms with Crippen molar-refractivity contribution in [3.05, 3.63) is 34.9 Å². The molecule has 0 atom stereocenters. The molecule has 1 aliphatic rings. The Morgan fingerprint density at radius 2 is 2.08 bits per heavy atom. The Morgan fingerprint density at radius 1 is 1.31 bits per heavy atom. The fourth-order valence-corrected chi connectivity index (χ4v) is 1.92. The largest absolute Gasteiger partial charge is 0.273 e. The predicted octanol–water partition coefficient (Wildman–Crippen LogP) is 3.42. The molecule has 0 amide bonds. The van der Waals surface area contributed by atoms with Gasteiger partial charge in [-0.3, -0.25) is 0 Å². The van der Waals surface area contributed by atoms with E-state index in [9.17, 15) is 8.78 Å². The summed E-state index contributed by atoms with van der Waals surface area (Å²) in [4.78, 5) is 0. The zero-order chi connectivity index (χ0) is 9.47. The lowest BCUT2D eigenvalue weighted by molar-refractivity contribution is -0.0216. The molecule has 13 heavy (non-hydrogen) atoms. The van der Waals surface area contributed by atoms with Gasteiger partial charge >= 0.3 is 0 Å². The van der Waals surface area contributed by atoms with Crippen molar-refractivity contribution in [2.24, 2.45) is 0 Å². The zero-order valence-corrected chi connectivity index (χ0v) is 7.61. The van der Waals surface area contributed by atoms with Crippen LogP contribution < -0.4 is 0 Å². The van der Waals surface area contributed by atoms with Crippen molar-refractivity contribution in [3.8, 4) is 0 Å². The second-order valence-corrected chi connectivity index (χ2v) is 3.72. The van der Waals surface area contributed by atoms with Crippen LogP contribution in [0.1, 0.15) is 29.5 Å². The molecule has 0 saturated carbocycles. The Bertz CT molecular complexity index is 329. The summed E-state index contributed by atoms with van der Waals surface area (Å²) >= 11 is 0. The van der Waals surface area contributed by atoms with E-state index in [1.54, 1.807) is 12.1 Å². The van der Waals surface area contributed by atoms with E-state index in [2.05, 4.69) is 0 Å². The smallest absolute Gasteiger partial charge is 0.201 e. The van der Waals surface area contributed by atoms with Gasteiger partial charge in [0.25, 0.3) is 5.92 Å². The lowest BCUT2D eigenvalue weighted by atomic mass is 9.88. The standard InChI is InChI=1S/C11H12F2/c1-8-4-5-10-9(7-8)3-2-6-11(10,12)13/h4-5,7H,2-3,6H2,1H3. The van der Waals surface area contributed by atoms with Gasteiger partial charge in [0, 0.05) is 12.0 Å². The minimum absolute atomic E-state index is 0.00304. The lowest BCUT2D eigenvalue weighted by Crippen LogP contribution is -2.20. The number of fused-ring (bicyclic) bond motifs is 1. The number of hydrogen-bond donors (Lipinski definition) is 0. The fraction of sp³-hybridized carbons (Fsp3) is 0.455. The van der Waals surface area contributed by atoms with Gasteiger partial charge in [0.05, 0.1) is 0 Å². The molecular weight excluding hydrogens is 170 g/mol. The third-order valence-corrected chi connectivity index (χ3v) is 2.59. The molecule has 1 aromatic rings. The molecular formula is C11H12F2. The van der Waals surface area contributed by atoms with E-state index in [1.165, 1.54) is 0 Å². The van der Waals surface area contributed by atoms with Crippen LogP contribution >= 0.6 is 0 Å². The minimum atomic E-state index is -2.60. The monoisotopic (exact) mass is 182 g/mol. The van der Waals surface area contributed by atoms with Gasteiger partial charge < -0.3 is 0 Å². The molecule has 2 heteroatoms. The highest BCUT2D eigenvalue weighted by atomic mass is 19.3. The third kappa shape index (κ3) is 1.45. The third-order valence-electron chi connectivity index (χ3n) is 2.59. The lowest BCUT2D eigenvalue weighted by Gasteiger charge is -2.25. The van der Waals surface area contributed by atoms with Crippen LogP contribution in [0.4, 0.5) is 8.78 Å². The number of aryl methyl sites for hydroxylation is 2. The summed E-state index contributed by atoms with van der Waals surface area (Å²) in [7, 11) is 0. The summed E-state index contributed by atoms with van der Waals surface area (Å²) in [6.45, 7) is 1.94. The highest BCUT2D eigenvalue weighted by molar-refractivity contribution is 5.36. The first-order valence-corrected chi connectivity index (χ1v) is 4.57. The molecule has 0 heterocycles. The molecule has 0 bridgehead atoms. The minimum Gasteiger partial charge on any atom is -0.201 e. The summed E-state index contributed by atoms with van der Waals surface area (Å²) in [5.41, 5.74) is 2.14. The average molecular weight is 182 g/mol. The van der Waals surface area contributed by atoms with Crippen molar-refractivity contribution in [3.63, 3.8) is 0 Å². The van der Waals surface area contributed by atoms with E-state index >= 15 is 0 Å². The first kappa shape index (κ1) is 8.67. The Balaban J connectivity index is 2.53. The Kier molecular flexibility index (Phi) is 1.86. The SMILES string of the molecule is Cc1ccc2c(c1)CCCC2(F)F. The van der Waals surface area contributed by atoms with Gasteiger partial charge in [-0.05, 0) is 25.3 Å². The molecule has 0 nitrogen and oxygen atoms in total. The Morgan fingerprint density at radius 3 is 2.85 bits per heavy atom. The van der Waals surface area contributed by atoms with E-state index in [0.717, 1.165) is 17.5 Å². The van der Waals surface area contributed by atoms with Crippen LogP contribution in [-0.2, 0) is 12.3 Å². The zero-order valence-electron chi connectivity index (χ0n) is 7.61. The first-order chi connectivity index (χ1) is 6.09. The van der Waals surface area contributed by atoms with E-state index in [4.69, 9.17) is 0 Å². The van der Waals surface area contributed by atoms with E-state index in [0.29, 0.717) is 6.42 Å². The molecule has 0 fully saturated rings. The molecule has 0 spiro atoms. The van der Waals surface area contributed by atoms with Crippen LogP contribution in [0.15, 0.2) is 18.2 Å². The maximum Gasteiger partial charge on any atom is 0.273 e. The maximum atomic E-state index is 13.3. The van der Waals surface area contributed by atoms with Gasteiger partial charge in [0.1, 0.15) is 0 Å². The van der Waals surface area contributed by atoms with Gasteiger partial charge in [0.2, 0.25) is 0 Å². The van der Waals surface area contributed by atoms with Crippen molar-refractivity contribution in [1.82, 2.24) is 0 Å². The van der Waals surface area contributed by atoms with Gasteiger partial charge in [-0.25, -0.2) is 8.78 Å². The summed E-state index contributed by atoms with van der Waals surface area (Å²) in [6.07, 6.45) is 1.40. The van der Waals surface area contributed by atoms with Crippen molar-refractivity contribution in [1.29, 1.82) is 0 Å². The summed E-state index contributed by atoms with van der Waals surface area (Å²) in [5, 5.41) is 0. The summed E-state index contributed by atoms with van der Waals surface area (Å²) in [5.74, 6) is -2.60. The van der Waals surface area contributed by atoms with Crippen LogP contribution in [0.3, 0.4) is 0 Å². The topological polar surface area (TPSA) is 0 Å². The molecule has 70 valence electrons. The quantitative estimate of drug-likeness (QED) is 0.576. The molecule has 0 radical (unpaired) electrons. The van der Waals surface area contributed by atoms with Crippen LogP contribution in [0.5, 0.6) is 0 Å². The van der Waals surface area contributed by atoms with Crippen LogP contribution in [-0.4, -0.2) is 0 Å².